The van der Waals surface area contributed by atoms with Crippen LogP contribution in [0.1, 0.15) is 27.6 Å². The van der Waals surface area contributed by atoms with Crippen LogP contribution >= 0.6 is 15.6 Å². The molecule has 0 fully saturated rings. The second-order valence-corrected chi connectivity index (χ2v) is 8.76. The van der Waals surface area contributed by atoms with Crippen molar-refractivity contribution >= 4 is 27.2 Å². The first kappa shape index (κ1) is 23.5. The van der Waals surface area contributed by atoms with E-state index in [0.717, 1.165) is 6.08 Å². The molecule has 2 aromatic rings. The number of rotatable bonds is 10. The molecular formula is C19H18O9P2. The maximum atomic E-state index is 12.3. The molecule has 0 heterocycles. The first-order valence-electron chi connectivity index (χ1n) is 8.27. The Balaban J connectivity index is 2.26. The summed E-state index contributed by atoms with van der Waals surface area (Å²) in [7, 11) is -10.5. The Morgan fingerprint density at radius 2 is 1.33 bits per heavy atom. The number of benzene rings is 2. The van der Waals surface area contributed by atoms with Crippen LogP contribution in [-0.4, -0.2) is 21.4 Å². The summed E-state index contributed by atoms with van der Waals surface area (Å²) in [5, 5.41) is 0. The van der Waals surface area contributed by atoms with Gasteiger partial charge in [-0.05, 0) is 42.8 Å². The third kappa shape index (κ3) is 6.10. The summed E-state index contributed by atoms with van der Waals surface area (Å²) in [5.74, 6) is -1.91. The molecule has 2 N–H and O–H groups in total. The summed E-state index contributed by atoms with van der Waals surface area (Å²) >= 11 is 0. The molecule has 0 aliphatic heterocycles. The Morgan fingerprint density at radius 3 is 1.80 bits per heavy atom. The number of ketones is 2. The standard InChI is InChI=1S/C19H18O9P2/c1-4-16(20)14-9-5-7-11-17(14)26-29(22,23)28-30(24,25)27-18-12-8-6-10-15(18)19(21)13(2)3/h4-12H,1-2H2,3H3,(H,22,23)(H,24,25). The SMILES string of the molecule is C=CC(=O)c1ccccc1OP(=O)(O)OP(=O)(O)Oc1ccccc1C(=O)C(=C)C. The van der Waals surface area contributed by atoms with Gasteiger partial charge in [0.15, 0.2) is 11.6 Å². The molecule has 11 heteroatoms. The van der Waals surface area contributed by atoms with Crippen molar-refractivity contribution in [1.29, 1.82) is 0 Å². The summed E-state index contributed by atoms with van der Waals surface area (Å²) in [6.45, 7) is 8.24. The second-order valence-electron chi connectivity index (χ2n) is 5.87. The summed E-state index contributed by atoms with van der Waals surface area (Å²) < 4.78 is 38.4. The molecule has 0 bridgehead atoms. The second kappa shape index (κ2) is 9.34. The van der Waals surface area contributed by atoms with Crippen molar-refractivity contribution in [2.75, 3.05) is 0 Å². The van der Waals surface area contributed by atoms with Crippen LogP contribution in [-0.2, 0) is 13.4 Å². The van der Waals surface area contributed by atoms with Crippen molar-refractivity contribution in [3.8, 4) is 11.5 Å². The number of hydrogen-bond donors (Lipinski definition) is 2. The molecule has 0 aliphatic carbocycles. The first-order valence-corrected chi connectivity index (χ1v) is 11.3. The van der Waals surface area contributed by atoms with E-state index in [1.165, 1.54) is 55.5 Å². The molecule has 9 nitrogen and oxygen atoms in total. The number of carbonyl (C=O) groups is 2. The molecule has 0 aliphatic rings. The van der Waals surface area contributed by atoms with Crippen molar-refractivity contribution in [1.82, 2.24) is 0 Å². The molecule has 0 saturated carbocycles. The van der Waals surface area contributed by atoms with Crippen LogP contribution in [0.25, 0.3) is 0 Å². The van der Waals surface area contributed by atoms with Crippen LogP contribution in [0.2, 0.25) is 0 Å². The molecule has 30 heavy (non-hydrogen) atoms. The Labute approximate surface area is 172 Å². The highest BCUT2D eigenvalue weighted by atomic mass is 31.3. The number of phosphoric ester groups is 2. The van der Waals surface area contributed by atoms with Crippen molar-refractivity contribution < 1.29 is 41.9 Å². The molecule has 0 aromatic heterocycles. The number of para-hydroxylation sites is 2. The van der Waals surface area contributed by atoms with Gasteiger partial charge in [0.1, 0.15) is 11.5 Å². The van der Waals surface area contributed by atoms with Crippen LogP contribution in [0.4, 0.5) is 0 Å². The van der Waals surface area contributed by atoms with Gasteiger partial charge in [-0.15, -0.1) is 0 Å². The largest absolute Gasteiger partial charge is 0.537 e. The average molecular weight is 452 g/mol. The molecule has 0 saturated heterocycles. The number of Topliss-reactive ketones (excluding diaryl/α,β-unsaturated/α-hetero) is 1. The molecule has 0 amide bonds. The van der Waals surface area contributed by atoms with Gasteiger partial charge in [0.25, 0.3) is 0 Å². The van der Waals surface area contributed by atoms with Gasteiger partial charge in [-0.2, -0.15) is 4.31 Å². The van der Waals surface area contributed by atoms with Crippen LogP contribution < -0.4 is 9.05 Å². The van der Waals surface area contributed by atoms with E-state index in [2.05, 4.69) is 17.5 Å². The maximum absolute atomic E-state index is 12.3. The molecule has 2 atom stereocenters. The van der Waals surface area contributed by atoms with Crippen LogP contribution in [0.15, 0.2) is 73.3 Å². The zero-order valence-electron chi connectivity index (χ0n) is 15.8. The molecule has 2 aromatic carbocycles. The Kier molecular flexibility index (Phi) is 7.31. The molecule has 158 valence electrons. The van der Waals surface area contributed by atoms with Crippen LogP contribution in [0.3, 0.4) is 0 Å². The lowest BCUT2D eigenvalue weighted by molar-refractivity contribution is 0.102. The van der Waals surface area contributed by atoms with Crippen molar-refractivity contribution in [2.24, 2.45) is 0 Å². The van der Waals surface area contributed by atoms with Crippen molar-refractivity contribution in [3.63, 3.8) is 0 Å². The van der Waals surface area contributed by atoms with Crippen molar-refractivity contribution in [3.05, 3.63) is 84.5 Å². The van der Waals surface area contributed by atoms with Gasteiger partial charge in [0.05, 0.1) is 11.1 Å². The van der Waals surface area contributed by atoms with Crippen LogP contribution in [0.5, 0.6) is 11.5 Å². The zero-order valence-corrected chi connectivity index (χ0v) is 17.5. The summed E-state index contributed by atoms with van der Waals surface area (Å²) in [6, 6.07) is 10.8. The minimum absolute atomic E-state index is 0.0986. The highest BCUT2D eigenvalue weighted by Crippen LogP contribution is 2.60. The lowest BCUT2D eigenvalue weighted by atomic mass is 10.1. The third-order valence-electron chi connectivity index (χ3n) is 3.49. The fraction of sp³-hybridized carbons (Fsp3) is 0.0526. The smallest absolute Gasteiger partial charge is 0.403 e. The molecule has 0 spiro atoms. The van der Waals surface area contributed by atoms with Gasteiger partial charge in [0, 0.05) is 0 Å². The minimum atomic E-state index is -5.24. The van der Waals surface area contributed by atoms with Gasteiger partial charge in [-0.1, -0.05) is 37.4 Å². The minimum Gasteiger partial charge on any atom is -0.403 e. The zero-order chi connectivity index (χ0) is 22.5. The van der Waals surface area contributed by atoms with E-state index in [-0.39, 0.29) is 28.2 Å². The van der Waals surface area contributed by atoms with E-state index in [9.17, 15) is 28.5 Å². The van der Waals surface area contributed by atoms with Gasteiger partial charge in [-0.25, -0.2) is 9.13 Å². The number of hydrogen-bond acceptors (Lipinski definition) is 7. The maximum Gasteiger partial charge on any atom is 0.537 e. The summed E-state index contributed by atoms with van der Waals surface area (Å²) in [6.07, 6.45) is 0.959. The molecule has 0 radical (unpaired) electrons. The van der Waals surface area contributed by atoms with E-state index in [4.69, 9.17) is 9.05 Å². The fourth-order valence-corrected chi connectivity index (χ4v) is 4.36. The van der Waals surface area contributed by atoms with E-state index < -0.39 is 27.2 Å². The van der Waals surface area contributed by atoms with E-state index in [0.29, 0.717) is 0 Å². The summed E-state index contributed by atoms with van der Waals surface area (Å²) in [4.78, 5) is 43.8. The Bertz CT molecular complexity index is 1110. The summed E-state index contributed by atoms with van der Waals surface area (Å²) in [5.41, 5.74) is -0.0747. The Morgan fingerprint density at radius 1 is 0.900 bits per heavy atom. The highest BCUT2D eigenvalue weighted by molar-refractivity contribution is 7.61. The van der Waals surface area contributed by atoms with Gasteiger partial charge >= 0.3 is 15.6 Å². The monoisotopic (exact) mass is 452 g/mol. The van der Waals surface area contributed by atoms with E-state index in [1.807, 2.05) is 0 Å². The van der Waals surface area contributed by atoms with Gasteiger partial charge < -0.3 is 9.05 Å². The van der Waals surface area contributed by atoms with Crippen molar-refractivity contribution in [2.45, 2.75) is 6.92 Å². The predicted octanol–water partition coefficient (Wildman–Crippen LogP) is 4.49. The number of phosphoric acid groups is 2. The Hall–Kier alpha value is -2.80. The number of carbonyl (C=O) groups excluding carboxylic acids is 2. The fourth-order valence-electron chi connectivity index (χ4n) is 2.24. The lowest BCUT2D eigenvalue weighted by Crippen LogP contribution is -2.06. The quantitative estimate of drug-likeness (QED) is 0.303. The van der Waals surface area contributed by atoms with Crippen LogP contribution in [0, 0.1) is 0 Å². The average Bonchev–Trinajstić information content (AvgIpc) is 2.66. The normalized spacial score (nSPS) is 14.6. The van der Waals surface area contributed by atoms with Gasteiger partial charge in [0.2, 0.25) is 0 Å². The third-order valence-corrected chi connectivity index (χ3v) is 6.00. The van der Waals surface area contributed by atoms with E-state index in [1.54, 1.807) is 0 Å². The number of allylic oxidation sites excluding steroid dienone is 2. The van der Waals surface area contributed by atoms with Gasteiger partial charge in [-0.3, -0.25) is 19.4 Å². The van der Waals surface area contributed by atoms with E-state index >= 15 is 0 Å². The first-order chi connectivity index (χ1) is 14.0. The molecule has 2 rings (SSSR count). The highest BCUT2D eigenvalue weighted by Gasteiger charge is 2.39. The molecular weight excluding hydrogens is 434 g/mol. The molecule has 2 unspecified atom stereocenters. The topological polar surface area (TPSA) is 136 Å². The predicted molar refractivity (Wildman–Crippen MR) is 109 cm³/mol. The lowest BCUT2D eigenvalue weighted by Gasteiger charge is -2.18.